The number of hydrogen-bond donors (Lipinski definition) is 3. The van der Waals surface area contributed by atoms with Crippen LogP contribution < -0.4 is 10.6 Å². The predicted molar refractivity (Wildman–Crippen MR) is 113 cm³/mol. The molecular formula is C23H31N3O5. The van der Waals surface area contributed by atoms with Gasteiger partial charge in [-0.25, -0.2) is 0 Å². The molecule has 8 heteroatoms. The van der Waals surface area contributed by atoms with Crippen molar-refractivity contribution in [3.63, 3.8) is 0 Å². The predicted octanol–water partition coefficient (Wildman–Crippen LogP) is 0.440. The molecule has 3 amide bonds. The third-order valence-corrected chi connectivity index (χ3v) is 7.16. The van der Waals surface area contributed by atoms with Gasteiger partial charge in [-0.15, -0.1) is 0 Å². The van der Waals surface area contributed by atoms with Crippen molar-refractivity contribution in [2.75, 3.05) is 13.7 Å². The average molecular weight is 430 g/mol. The minimum atomic E-state index is -1.04. The van der Waals surface area contributed by atoms with E-state index >= 15 is 0 Å². The number of benzene rings is 1. The van der Waals surface area contributed by atoms with Gasteiger partial charge < -0.3 is 25.4 Å². The summed E-state index contributed by atoms with van der Waals surface area (Å²) in [6.07, 6.45) is 0.800. The van der Waals surface area contributed by atoms with E-state index in [9.17, 15) is 19.5 Å². The van der Waals surface area contributed by atoms with E-state index in [4.69, 9.17) is 4.74 Å². The number of carbonyl (C=O) groups excluding carboxylic acids is 3. The number of amides is 3. The van der Waals surface area contributed by atoms with Crippen molar-refractivity contribution >= 4 is 17.7 Å². The molecule has 6 atom stereocenters. The zero-order chi connectivity index (χ0) is 22.3. The second-order valence-corrected chi connectivity index (χ2v) is 9.11. The van der Waals surface area contributed by atoms with Gasteiger partial charge in [-0.1, -0.05) is 44.2 Å². The number of nitrogens with zero attached hydrogens (tertiary/aromatic N) is 1. The zero-order valence-corrected chi connectivity index (χ0v) is 18.2. The second-order valence-electron chi connectivity index (χ2n) is 9.11. The first-order valence-corrected chi connectivity index (χ1v) is 11.0. The highest BCUT2D eigenvalue weighted by molar-refractivity contribution is 5.99. The molecule has 31 heavy (non-hydrogen) atoms. The highest BCUT2D eigenvalue weighted by Gasteiger charge is 2.75. The normalized spacial score (nSPS) is 32.3. The monoisotopic (exact) mass is 429 g/mol. The van der Waals surface area contributed by atoms with Gasteiger partial charge in [0.2, 0.25) is 17.7 Å². The van der Waals surface area contributed by atoms with E-state index in [0.717, 1.165) is 5.56 Å². The average Bonchev–Trinajstić information content (AvgIpc) is 3.40. The number of aliphatic hydroxyl groups is 1. The van der Waals surface area contributed by atoms with Crippen LogP contribution in [0, 0.1) is 17.8 Å². The number of fused-ring (bicyclic) bond motifs is 1. The number of hydrogen-bond acceptors (Lipinski definition) is 5. The van der Waals surface area contributed by atoms with Crippen molar-refractivity contribution in [2.24, 2.45) is 17.8 Å². The molecule has 4 rings (SSSR count). The second kappa shape index (κ2) is 8.24. The Kier molecular flexibility index (Phi) is 5.79. The largest absolute Gasteiger partial charge is 0.394 e. The van der Waals surface area contributed by atoms with Crippen molar-refractivity contribution < 1.29 is 24.2 Å². The Bertz CT molecular complexity index is 860. The molecule has 8 nitrogen and oxygen atoms in total. The maximum atomic E-state index is 13.7. The summed E-state index contributed by atoms with van der Waals surface area (Å²) in [5.41, 5.74) is -0.0923. The third-order valence-electron chi connectivity index (χ3n) is 7.16. The number of rotatable bonds is 7. The fourth-order valence-electron chi connectivity index (χ4n) is 5.72. The van der Waals surface area contributed by atoms with Crippen LogP contribution in [0.5, 0.6) is 0 Å². The maximum Gasteiger partial charge on any atom is 0.246 e. The van der Waals surface area contributed by atoms with E-state index in [-0.39, 0.29) is 36.4 Å². The molecule has 0 saturated carbocycles. The quantitative estimate of drug-likeness (QED) is 0.583. The fourth-order valence-corrected chi connectivity index (χ4v) is 5.72. The Morgan fingerprint density at radius 2 is 1.97 bits per heavy atom. The van der Waals surface area contributed by atoms with Gasteiger partial charge in [0, 0.05) is 13.6 Å². The van der Waals surface area contributed by atoms with Crippen LogP contribution >= 0.6 is 0 Å². The molecule has 3 saturated heterocycles. The topological polar surface area (TPSA) is 108 Å². The summed E-state index contributed by atoms with van der Waals surface area (Å²) in [6, 6.07) is 8.13. The number of ether oxygens (including phenoxy) is 1. The highest BCUT2D eigenvalue weighted by atomic mass is 16.5. The molecule has 3 aliphatic heterocycles. The van der Waals surface area contributed by atoms with Crippen LogP contribution in [0.1, 0.15) is 32.3 Å². The minimum absolute atomic E-state index is 0.0655. The molecule has 3 heterocycles. The first-order valence-electron chi connectivity index (χ1n) is 11.0. The van der Waals surface area contributed by atoms with Crippen molar-refractivity contribution in [1.82, 2.24) is 15.5 Å². The summed E-state index contributed by atoms with van der Waals surface area (Å²) in [5, 5.41) is 15.7. The third kappa shape index (κ3) is 3.32. The molecule has 0 aromatic heterocycles. The van der Waals surface area contributed by atoms with Gasteiger partial charge in [-0.2, -0.15) is 0 Å². The SMILES string of the molecule is CNC(=O)[C@@H]1[C@@H]2CCC3(O2)C(C(=O)NCc2ccccc2)N([C@@H](CO)C(C)C)C(=O)[C@H]13. The van der Waals surface area contributed by atoms with E-state index in [2.05, 4.69) is 10.6 Å². The van der Waals surface area contributed by atoms with Crippen LogP contribution in [0.15, 0.2) is 30.3 Å². The Morgan fingerprint density at radius 3 is 2.58 bits per heavy atom. The smallest absolute Gasteiger partial charge is 0.246 e. The summed E-state index contributed by atoms with van der Waals surface area (Å²) in [4.78, 5) is 41.3. The van der Waals surface area contributed by atoms with E-state index < -0.39 is 29.5 Å². The summed E-state index contributed by atoms with van der Waals surface area (Å²) in [6.45, 7) is 3.89. The molecule has 2 unspecified atom stereocenters. The summed E-state index contributed by atoms with van der Waals surface area (Å²) in [7, 11) is 1.55. The maximum absolute atomic E-state index is 13.7. The molecule has 1 aromatic carbocycles. The molecule has 3 fully saturated rings. The van der Waals surface area contributed by atoms with Crippen LogP contribution in [0.25, 0.3) is 0 Å². The first kappa shape index (κ1) is 21.8. The molecule has 0 aliphatic carbocycles. The van der Waals surface area contributed by atoms with Gasteiger partial charge in [-0.05, 0) is 24.3 Å². The van der Waals surface area contributed by atoms with Gasteiger partial charge in [0.25, 0.3) is 0 Å². The number of likely N-dealkylation sites (tertiary alicyclic amines) is 1. The van der Waals surface area contributed by atoms with Crippen molar-refractivity contribution in [1.29, 1.82) is 0 Å². The molecule has 168 valence electrons. The molecule has 3 aliphatic rings. The molecule has 1 spiro atoms. The minimum Gasteiger partial charge on any atom is -0.394 e. The standard InChI is InChI=1S/C23H31N3O5/c1-13(2)15(12-27)26-19(21(29)25-11-14-7-5-4-6-8-14)23-10-9-16(31-23)17(20(28)24-3)18(23)22(26)30/h4-8,13,15-19,27H,9-12H2,1-3H3,(H,24,28)(H,25,29)/t15-,16-,17+,18-,19?,23?/m0/s1. The van der Waals surface area contributed by atoms with Crippen LogP contribution in [-0.2, 0) is 25.7 Å². The highest BCUT2D eigenvalue weighted by Crippen LogP contribution is 2.58. The van der Waals surface area contributed by atoms with E-state index in [1.165, 1.54) is 4.90 Å². The Morgan fingerprint density at radius 1 is 1.26 bits per heavy atom. The lowest BCUT2D eigenvalue weighted by molar-refractivity contribution is -0.146. The van der Waals surface area contributed by atoms with Gasteiger partial charge in [-0.3, -0.25) is 14.4 Å². The summed E-state index contributed by atoms with van der Waals surface area (Å²) in [5.74, 6) is -2.22. The molecule has 2 bridgehead atoms. The molecule has 3 N–H and O–H groups in total. The van der Waals surface area contributed by atoms with Gasteiger partial charge >= 0.3 is 0 Å². The van der Waals surface area contributed by atoms with Gasteiger partial charge in [0.05, 0.1) is 30.6 Å². The van der Waals surface area contributed by atoms with E-state index in [0.29, 0.717) is 19.4 Å². The van der Waals surface area contributed by atoms with Gasteiger partial charge in [0.1, 0.15) is 11.6 Å². The lowest BCUT2D eigenvalue weighted by atomic mass is 9.70. The zero-order valence-electron chi connectivity index (χ0n) is 18.2. The Hall–Kier alpha value is -2.45. The lowest BCUT2D eigenvalue weighted by Gasteiger charge is -2.38. The van der Waals surface area contributed by atoms with Gasteiger partial charge in [0.15, 0.2) is 0 Å². The van der Waals surface area contributed by atoms with Crippen LogP contribution in [0.4, 0.5) is 0 Å². The number of carbonyl (C=O) groups is 3. The Balaban J connectivity index is 1.70. The lowest BCUT2D eigenvalue weighted by Crippen LogP contribution is -2.58. The van der Waals surface area contributed by atoms with Crippen LogP contribution in [0.3, 0.4) is 0 Å². The molecular weight excluding hydrogens is 398 g/mol. The van der Waals surface area contributed by atoms with Crippen LogP contribution in [-0.4, -0.2) is 65.2 Å². The number of nitrogens with one attached hydrogen (secondary N) is 2. The molecule has 1 aromatic rings. The number of aliphatic hydroxyl groups excluding tert-OH is 1. The molecule has 0 radical (unpaired) electrons. The van der Waals surface area contributed by atoms with Crippen molar-refractivity contribution in [2.45, 2.75) is 57.0 Å². The van der Waals surface area contributed by atoms with E-state index in [1.54, 1.807) is 7.05 Å². The Labute approximate surface area is 182 Å². The fraction of sp³-hybridized carbons (Fsp3) is 0.609. The van der Waals surface area contributed by atoms with Crippen molar-refractivity contribution in [3.8, 4) is 0 Å². The van der Waals surface area contributed by atoms with E-state index in [1.807, 2.05) is 44.2 Å². The van der Waals surface area contributed by atoms with Crippen molar-refractivity contribution in [3.05, 3.63) is 35.9 Å². The summed E-state index contributed by atoms with van der Waals surface area (Å²) >= 11 is 0. The van der Waals surface area contributed by atoms with Crippen LogP contribution in [0.2, 0.25) is 0 Å². The first-order chi connectivity index (χ1) is 14.9. The summed E-state index contributed by atoms with van der Waals surface area (Å²) < 4.78 is 6.31.